The third kappa shape index (κ3) is 5.57. The van der Waals surface area contributed by atoms with E-state index in [1.165, 1.54) is 11.1 Å². The van der Waals surface area contributed by atoms with Crippen molar-refractivity contribution in [2.24, 2.45) is 0 Å². The highest BCUT2D eigenvalue weighted by Crippen LogP contribution is 2.38. The Kier molecular flexibility index (Phi) is 7.87. The Hall–Kier alpha value is -2.90. The van der Waals surface area contributed by atoms with E-state index in [0.717, 1.165) is 57.0 Å². The van der Waals surface area contributed by atoms with Crippen LogP contribution in [-0.4, -0.2) is 59.7 Å². The summed E-state index contributed by atoms with van der Waals surface area (Å²) in [7, 11) is 0. The van der Waals surface area contributed by atoms with Gasteiger partial charge in [0, 0.05) is 42.6 Å². The van der Waals surface area contributed by atoms with E-state index in [2.05, 4.69) is 44.0 Å². The second kappa shape index (κ2) is 11.4. The van der Waals surface area contributed by atoms with Crippen LogP contribution in [0.2, 0.25) is 0 Å². The van der Waals surface area contributed by atoms with Crippen LogP contribution in [0.3, 0.4) is 0 Å². The highest BCUT2D eigenvalue weighted by atomic mass is 32.2. The Bertz CT molecular complexity index is 1230. The van der Waals surface area contributed by atoms with Crippen LogP contribution >= 0.6 is 11.9 Å². The smallest absolute Gasteiger partial charge is 0.258 e. The molecule has 9 heteroatoms. The maximum Gasteiger partial charge on any atom is 0.258 e. The molecule has 2 aromatic carbocycles. The average molecular weight is 506 g/mol. The molecular formula is C27H31N5O3S. The largest absolute Gasteiger partial charge is 0.490 e. The van der Waals surface area contributed by atoms with Crippen LogP contribution in [0.1, 0.15) is 43.0 Å². The number of nitriles is 1. The van der Waals surface area contributed by atoms with Gasteiger partial charge in [-0.05, 0) is 56.0 Å². The molecule has 188 valence electrons. The zero-order valence-corrected chi connectivity index (χ0v) is 21.5. The number of hydrogen-bond donors (Lipinski definition) is 1. The first-order chi connectivity index (χ1) is 17.6. The quantitative estimate of drug-likeness (QED) is 0.330. The molecule has 1 aliphatic heterocycles. The minimum absolute atomic E-state index is 0.0142. The van der Waals surface area contributed by atoms with Crippen molar-refractivity contribution in [3.05, 3.63) is 53.1 Å². The van der Waals surface area contributed by atoms with E-state index in [9.17, 15) is 5.26 Å². The van der Waals surface area contributed by atoms with Gasteiger partial charge in [-0.3, -0.25) is 9.62 Å². The van der Waals surface area contributed by atoms with Gasteiger partial charge >= 0.3 is 0 Å². The first-order valence-electron chi connectivity index (χ1n) is 12.5. The maximum atomic E-state index is 9.55. The lowest BCUT2D eigenvalue weighted by atomic mass is 10.0. The number of benzene rings is 2. The minimum atomic E-state index is -0.0142. The molecule has 0 bridgehead atoms. The van der Waals surface area contributed by atoms with E-state index in [1.54, 1.807) is 24.1 Å². The van der Waals surface area contributed by atoms with Crippen molar-refractivity contribution in [3.8, 4) is 34.7 Å². The minimum Gasteiger partial charge on any atom is -0.490 e. The lowest BCUT2D eigenvalue weighted by Gasteiger charge is -2.26. The molecule has 1 atom stereocenters. The Morgan fingerprint density at radius 2 is 2.11 bits per heavy atom. The van der Waals surface area contributed by atoms with Gasteiger partial charge in [0.1, 0.15) is 11.8 Å². The molecule has 5 rings (SSSR count). The van der Waals surface area contributed by atoms with Gasteiger partial charge in [-0.15, -0.1) is 0 Å². The van der Waals surface area contributed by atoms with Crippen LogP contribution in [0.15, 0.2) is 40.9 Å². The van der Waals surface area contributed by atoms with Crippen molar-refractivity contribution in [1.82, 2.24) is 19.8 Å². The highest BCUT2D eigenvalue weighted by Gasteiger charge is 2.26. The molecule has 1 fully saturated rings. The van der Waals surface area contributed by atoms with Gasteiger partial charge in [0.25, 0.3) is 5.89 Å². The lowest BCUT2D eigenvalue weighted by molar-refractivity contribution is 0.0410. The summed E-state index contributed by atoms with van der Waals surface area (Å²) in [6.45, 7) is 8.67. The molecule has 2 aliphatic rings. The van der Waals surface area contributed by atoms with Gasteiger partial charge in [0.05, 0.1) is 24.9 Å². The molecule has 0 amide bonds. The van der Waals surface area contributed by atoms with Crippen LogP contribution in [0.25, 0.3) is 22.8 Å². The van der Waals surface area contributed by atoms with Gasteiger partial charge in [-0.25, -0.2) is 0 Å². The first-order valence-corrected chi connectivity index (χ1v) is 13.5. The number of hydrogen-bond acceptors (Lipinski definition) is 9. The van der Waals surface area contributed by atoms with Gasteiger partial charge in [0.15, 0.2) is 0 Å². The van der Waals surface area contributed by atoms with Crippen LogP contribution < -0.4 is 9.46 Å². The molecular weight excluding hydrogens is 474 g/mol. The third-order valence-electron chi connectivity index (χ3n) is 6.49. The second-order valence-corrected chi connectivity index (χ2v) is 10.2. The fourth-order valence-electron chi connectivity index (χ4n) is 4.70. The number of morpholine rings is 1. The molecule has 1 unspecified atom stereocenters. The number of nitrogens with one attached hydrogen (secondary N) is 1. The normalized spacial score (nSPS) is 17.8. The van der Waals surface area contributed by atoms with Crippen molar-refractivity contribution < 1.29 is 14.0 Å². The number of nitrogens with zero attached hydrogens (tertiary/aromatic N) is 4. The molecule has 0 radical (unpaired) electrons. The number of aromatic nitrogens is 2. The molecule has 3 aromatic rings. The van der Waals surface area contributed by atoms with Crippen LogP contribution in [0, 0.1) is 11.3 Å². The summed E-state index contributed by atoms with van der Waals surface area (Å²) in [4.78, 5) is 7.13. The van der Waals surface area contributed by atoms with E-state index < -0.39 is 0 Å². The Morgan fingerprint density at radius 1 is 1.25 bits per heavy atom. The standard InChI is InChI=1S/C27H31N5O3S/c1-18(2)34-25-9-6-19(16-20(25)17-28)27-29-26(30-35-27)23-5-3-4-22-21(23)7-8-24(22)31-36-15-12-32-10-13-33-14-11-32/h3-6,9,16,18,24,31H,7-8,10-15H2,1-2H3. The van der Waals surface area contributed by atoms with Crippen molar-refractivity contribution in [3.63, 3.8) is 0 Å². The van der Waals surface area contributed by atoms with E-state index in [4.69, 9.17) is 14.0 Å². The topological polar surface area (TPSA) is 96.4 Å². The van der Waals surface area contributed by atoms with E-state index in [-0.39, 0.29) is 6.10 Å². The number of ether oxygens (including phenoxy) is 2. The molecule has 0 saturated carbocycles. The summed E-state index contributed by atoms with van der Waals surface area (Å²) in [5.41, 5.74) is 4.73. The zero-order chi connectivity index (χ0) is 24.9. The zero-order valence-electron chi connectivity index (χ0n) is 20.7. The van der Waals surface area contributed by atoms with Crippen LogP contribution in [-0.2, 0) is 11.2 Å². The summed E-state index contributed by atoms with van der Waals surface area (Å²) >= 11 is 1.80. The first kappa shape index (κ1) is 24.8. The van der Waals surface area contributed by atoms with Gasteiger partial charge in [0.2, 0.25) is 5.82 Å². The van der Waals surface area contributed by atoms with Crippen LogP contribution in [0.5, 0.6) is 5.75 Å². The molecule has 1 aliphatic carbocycles. The SMILES string of the molecule is CC(C)Oc1ccc(-c2nc(-c3cccc4c3CCC4NSCCN3CCOCC3)no2)cc1C#N. The average Bonchev–Trinajstić information content (AvgIpc) is 3.55. The molecule has 1 aromatic heterocycles. The van der Waals surface area contributed by atoms with Crippen molar-refractivity contribution in [2.45, 2.75) is 38.8 Å². The fourth-order valence-corrected chi connectivity index (χ4v) is 5.62. The molecule has 0 spiro atoms. The molecule has 1 saturated heterocycles. The molecule has 36 heavy (non-hydrogen) atoms. The predicted molar refractivity (Wildman–Crippen MR) is 140 cm³/mol. The predicted octanol–water partition coefficient (Wildman–Crippen LogP) is 4.62. The summed E-state index contributed by atoms with van der Waals surface area (Å²) in [6.07, 6.45) is 2.00. The maximum absolute atomic E-state index is 9.55. The number of fused-ring (bicyclic) bond motifs is 1. The van der Waals surface area contributed by atoms with Gasteiger partial charge in [-0.2, -0.15) is 10.2 Å². The summed E-state index contributed by atoms with van der Waals surface area (Å²) < 4.78 is 20.4. The van der Waals surface area contributed by atoms with E-state index >= 15 is 0 Å². The number of rotatable bonds is 9. The second-order valence-electron chi connectivity index (χ2n) is 9.30. The van der Waals surface area contributed by atoms with Crippen molar-refractivity contribution >= 4 is 11.9 Å². The van der Waals surface area contributed by atoms with Crippen molar-refractivity contribution in [2.75, 3.05) is 38.6 Å². The highest BCUT2D eigenvalue weighted by molar-refractivity contribution is 7.97. The molecule has 8 nitrogen and oxygen atoms in total. The van der Waals surface area contributed by atoms with Crippen LogP contribution in [0.4, 0.5) is 0 Å². The molecule has 2 heterocycles. The third-order valence-corrected chi connectivity index (χ3v) is 7.32. The Labute approximate surface area is 216 Å². The van der Waals surface area contributed by atoms with Crippen molar-refractivity contribution in [1.29, 1.82) is 5.26 Å². The monoisotopic (exact) mass is 505 g/mol. The fraction of sp³-hybridized carbons (Fsp3) is 0.444. The lowest BCUT2D eigenvalue weighted by Crippen LogP contribution is -2.37. The van der Waals surface area contributed by atoms with Gasteiger partial charge < -0.3 is 14.0 Å². The molecule has 1 N–H and O–H groups in total. The van der Waals surface area contributed by atoms with E-state index in [1.807, 2.05) is 19.9 Å². The Balaban J connectivity index is 1.27. The van der Waals surface area contributed by atoms with E-state index in [0.29, 0.717) is 34.6 Å². The summed E-state index contributed by atoms with van der Waals surface area (Å²) in [5.74, 6) is 2.56. The summed E-state index contributed by atoms with van der Waals surface area (Å²) in [5, 5.41) is 13.8. The van der Waals surface area contributed by atoms with Gasteiger partial charge in [-0.1, -0.05) is 35.3 Å². The summed E-state index contributed by atoms with van der Waals surface area (Å²) in [6, 6.07) is 14.2. The Morgan fingerprint density at radius 3 is 2.92 bits per heavy atom.